The number of nitrogens with one attached hydrogen (secondary N) is 1. The van der Waals surface area contributed by atoms with Crippen molar-refractivity contribution >= 4 is 27.2 Å². The highest BCUT2D eigenvalue weighted by atomic mass is 32.1. The first-order valence-electron chi connectivity index (χ1n) is 6.70. The molecular formula is C16H14N2OS. The summed E-state index contributed by atoms with van der Waals surface area (Å²) in [5.74, 6) is 1.03. The lowest BCUT2D eigenvalue weighted by molar-refractivity contribution is 0.246. The summed E-state index contributed by atoms with van der Waals surface area (Å²) < 4.78 is 7.14. The Bertz CT molecular complexity index is 728. The first kappa shape index (κ1) is 11.7. The Labute approximate surface area is 121 Å². The lowest BCUT2D eigenvalue weighted by atomic mass is 10.1. The second-order valence-corrected chi connectivity index (χ2v) is 5.85. The lowest BCUT2D eigenvalue weighted by Crippen LogP contribution is -2.23. The summed E-state index contributed by atoms with van der Waals surface area (Å²) in [4.78, 5) is 4.29. The maximum absolute atomic E-state index is 5.93. The second-order valence-electron chi connectivity index (χ2n) is 4.97. The van der Waals surface area contributed by atoms with E-state index < -0.39 is 0 Å². The third-order valence-corrected chi connectivity index (χ3v) is 4.37. The van der Waals surface area contributed by atoms with Crippen LogP contribution in [-0.4, -0.2) is 17.6 Å². The minimum absolute atomic E-state index is 0.213. The number of aromatic nitrogens is 1. The molecule has 20 heavy (non-hydrogen) atoms. The molecule has 0 amide bonds. The van der Waals surface area contributed by atoms with E-state index in [9.17, 15) is 0 Å². The van der Waals surface area contributed by atoms with Crippen LogP contribution < -0.4 is 10.1 Å². The Kier molecular flexibility index (Phi) is 2.81. The van der Waals surface area contributed by atoms with Gasteiger partial charge in [-0.05, 0) is 29.8 Å². The topological polar surface area (TPSA) is 34.2 Å². The van der Waals surface area contributed by atoms with E-state index >= 15 is 0 Å². The van der Waals surface area contributed by atoms with Gasteiger partial charge in [0.15, 0.2) is 0 Å². The summed E-state index contributed by atoms with van der Waals surface area (Å²) in [6.07, 6.45) is 1.19. The highest BCUT2D eigenvalue weighted by Crippen LogP contribution is 2.28. The number of hydrogen-bond donors (Lipinski definition) is 1. The van der Waals surface area contributed by atoms with Crippen LogP contribution in [0, 0.1) is 0 Å². The molecular weight excluding hydrogens is 268 g/mol. The Morgan fingerprint density at radius 1 is 1.25 bits per heavy atom. The van der Waals surface area contributed by atoms with Crippen LogP contribution in [0.1, 0.15) is 5.56 Å². The Balaban J connectivity index is 1.44. The third kappa shape index (κ3) is 2.12. The van der Waals surface area contributed by atoms with E-state index in [1.807, 2.05) is 17.6 Å². The number of para-hydroxylation sites is 1. The molecule has 0 fully saturated rings. The molecule has 2 heterocycles. The fraction of sp³-hybridized carbons (Fsp3) is 0.188. The van der Waals surface area contributed by atoms with Crippen molar-refractivity contribution in [3.05, 3.63) is 53.5 Å². The minimum Gasteiger partial charge on any atom is -0.488 e. The molecule has 1 unspecified atom stereocenters. The first-order valence-corrected chi connectivity index (χ1v) is 7.58. The summed E-state index contributed by atoms with van der Waals surface area (Å²) >= 11 is 1.67. The summed E-state index contributed by atoms with van der Waals surface area (Å²) in [6.45, 7) is 0.818. The van der Waals surface area contributed by atoms with Crippen LogP contribution in [0.25, 0.3) is 10.2 Å². The molecule has 100 valence electrons. The standard InChI is InChI=1S/C16H14N2OS/c1-2-4-15-11(3-1)7-13(19-15)9-17-12-5-6-14-16(8-12)20-10-18-14/h1-6,8,10,13,17H,7,9H2. The van der Waals surface area contributed by atoms with Crippen molar-refractivity contribution in [3.8, 4) is 5.75 Å². The molecule has 4 heteroatoms. The van der Waals surface area contributed by atoms with E-state index in [2.05, 4.69) is 40.6 Å². The van der Waals surface area contributed by atoms with Gasteiger partial charge in [0.2, 0.25) is 0 Å². The molecule has 0 saturated heterocycles. The van der Waals surface area contributed by atoms with Crippen molar-refractivity contribution in [3.63, 3.8) is 0 Å². The van der Waals surface area contributed by atoms with Gasteiger partial charge in [-0.1, -0.05) is 18.2 Å². The minimum atomic E-state index is 0.213. The maximum atomic E-state index is 5.93. The van der Waals surface area contributed by atoms with Gasteiger partial charge in [0.1, 0.15) is 11.9 Å². The SMILES string of the molecule is c1ccc2c(c1)CC(CNc1ccc3ncsc3c1)O2. The summed E-state index contributed by atoms with van der Waals surface area (Å²) in [5, 5.41) is 3.46. The van der Waals surface area contributed by atoms with Crippen molar-refractivity contribution in [2.75, 3.05) is 11.9 Å². The molecule has 3 aromatic rings. The molecule has 0 saturated carbocycles. The van der Waals surface area contributed by atoms with Crippen LogP contribution in [0.3, 0.4) is 0 Å². The predicted octanol–water partition coefficient (Wildman–Crippen LogP) is 3.71. The van der Waals surface area contributed by atoms with Gasteiger partial charge in [-0.25, -0.2) is 4.98 Å². The number of thiazole rings is 1. The van der Waals surface area contributed by atoms with Gasteiger partial charge < -0.3 is 10.1 Å². The monoisotopic (exact) mass is 282 g/mol. The van der Waals surface area contributed by atoms with Crippen LogP contribution in [0.2, 0.25) is 0 Å². The van der Waals surface area contributed by atoms with E-state index in [-0.39, 0.29) is 6.10 Å². The Morgan fingerprint density at radius 3 is 3.15 bits per heavy atom. The van der Waals surface area contributed by atoms with Gasteiger partial charge in [-0.2, -0.15) is 0 Å². The Morgan fingerprint density at radius 2 is 2.20 bits per heavy atom. The van der Waals surface area contributed by atoms with E-state index in [0.717, 1.165) is 29.9 Å². The highest BCUT2D eigenvalue weighted by molar-refractivity contribution is 7.16. The molecule has 3 nitrogen and oxygen atoms in total. The van der Waals surface area contributed by atoms with Crippen LogP contribution in [0.4, 0.5) is 5.69 Å². The third-order valence-electron chi connectivity index (χ3n) is 3.58. The largest absolute Gasteiger partial charge is 0.488 e. The number of benzene rings is 2. The van der Waals surface area contributed by atoms with Crippen molar-refractivity contribution in [1.29, 1.82) is 0 Å². The van der Waals surface area contributed by atoms with Crippen LogP contribution in [0.5, 0.6) is 5.75 Å². The fourth-order valence-corrected chi connectivity index (χ4v) is 3.28. The van der Waals surface area contributed by atoms with Gasteiger partial charge in [0.25, 0.3) is 0 Å². The summed E-state index contributed by atoms with van der Waals surface area (Å²) in [7, 11) is 0. The van der Waals surface area contributed by atoms with Gasteiger partial charge in [-0.3, -0.25) is 0 Å². The normalized spacial score (nSPS) is 16.9. The number of ether oxygens (including phenoxy) is 1. The molecule has 0 radical (unpaired) electrons. The fourth-order valence-electron chi connectivity index (χ4n) is 2.56. The van der Waals surface area contributed by atoms with E-state index in [4.69, 9.17) is 4.74 Å². The average Bonchev–Trinajstić information content (AvgIpc) is 3.10. The van der Waals surface area contributed by atoms with E-state index in [0.29, 0.717) is 0 Å². The van der Waals surface area contributed by atoms with E-state index in [1.165, 1.54) is 10.3 Å². The maximum Gasteiger partial charge on any atom is 0.123 e. The summed E-state index contributed by atoms with van der Waals surface area (Å²) in [6, 6.07) is 14.5. The van der Waals surface area contributed by atoms with Crippen molar-refractivity contribution < 1.29 is 4.74 Å². The lowest BCUT2D eigenvalue weighted by Gasteiger charge is -2.12. The number of nitrogens with zero attached hydrogens (tertiary/aromatic N) is 1. The zero-order chi connectivity index (χ0) is 13.4. The zero-order valence-corrected chi connectivity index (χ0v) is 11.7. The molecule has 0 spiro atoms. The smallest absolute Gasteiger partial charge is 0.123 e. The molecule has 4 rings (SSSR count). The molecule has 1 aromatic heterocycles. The number of anilines is 1. The van der Waals surface area contributed by atoms with Gasteiger partial charge in [0.05, 0.1) is 22.3 Å². The van der Waals surface area contributed by atoms with E-state index in [1.54, 1.807) is 11.3 Å². The van der Waals surface area contributed by atoms with Crippen molar-refractivity contribution in [2.45, 2.75) is 12.5 Å². The number of fused-ring (bicyclic) bond motifs is 2. The molecule has 0 bridgehead atoms. The van der Waals surface area contributed by atoms with Crippen LogP contribution in [0.15, 0.2) is 48.0 Å². The predicted molar refractivity (Wildman–Crippen MR) is 82.7 cm³/mol. The molecule has 0 aliphatic carbocycles. The summed E-state index contributed by atoms with van der Waals surface area (Å²) in [5.41, 5.74) is 5.37. The molecule has 1 aliphatic rings. The highest BCUT2D eigenvalue weighted by Gasteiger charge is 2.21. The van der Waals surface area contributed by atoms with Crippen molar-refractivity contribution in [2.24, 2.45) is 0 Å². The molecule has 1 N–H and O–H groups in total. The number of hydrogen-bond acceptors (Lipinski definition) is 4. The van der Waals surface area contributed by atoms with Gasteiger partial charge >= 0.3 is 0 Å². The zero-order valence-electron chi connectivity index (χ0n) is 10.9. The van der Waals surface area contributed by atoms with Crippen LogP contribution >= 0.6 is 11.3 Å². The van der Waals surface area contributed by atoms with Gasteiger partial charge in [0, 0.05) is 12.1 Å². The molecule has 1 aliphatic heterocycles. The average molecular weight is 282 g/mol. The van der Waals surface area contributed by atoms with Crippen LogP contribution in [-0.2, 0) is 6.42 Å². The first-order chi connectivity index (χ1) is 9.88. The second kappa shape index (κ2) is 4.80. The number of rotatable bonds is 3. The molecule has 2 aromatic carbocycles. The molecule has 1 atom stereocenters. The Hall–Kier alpha value is -2.07. The van der Waals surface area contributed by atoms with Crippen molar-refractivity contribution in [1.82, 2.24) is 4.98 Å². The quantitative estimate of drug-likeness (QED) is 0.795. The van der Waals surface area contributed by atoms with Gasteiger partial charge in [-0.15, -0.1) is 11.3 Å².